The number of quaternary nitrogens is 1. The summed E-state index contributed by atoms with van der Waals surface area (Å²) in [6.45, 7) is 14.2. The monoisotopic (exact) mass is 934 g/mol. The summed E-state index contributed by atoms with van der Waals surface area (Å²) in [5.41, 5.74) is 1.82. The Morgan fingerprint density at radius 2 is 1.52 bits per heavy atom. The fraction of sp³-hybridized carbons (Fsp3) is 0.889. The van der Waals surface area contributed by atoms with Crippen LogP contribution in [-0.2, 0) is 32.7 Å². The van der Waals surface area contributed by atoms with Crippen LogP contribution in [0.4, 0.5) is 0 Å². The summed E-state index contributed by atoms with van der Waals surface area (Å²) in [4.78, 5) is 38.9. The average molecular weight is 934 g/mol. The molecule has 4 rings (SSSR count). The number of ether oxygens (including phenoxy) is 2. The van der Waals surface area contributed by atoms with Gasteiger partial charge in [0.1, 0.15) is 19.3 Å². The molecular weight excluding hydrogens is 838 g/mol. The largest absolute Gasteiger partial charge is 0.756 e. The van der Waals surface area contributed by atoms with Crippen LogP contribution in [0.25, 0.3) is 0 Å². The number of phosphoric acid groups is 1. The van der Waals surface area contributed by atoms with E-state index in [2.05, 4.69) is 59.8 Å². The highest BCUT2D eigenvalue weighted by Gasteiger charge is 2.59. The number of carboxylic acids is 1. The van der Waals surface area contributed by atoms with Crippen LogP contribution in [0.1, 0.15) is 202 Å². The molecule has 65 heavy (non-hydrogen) atoms. The normalized spacial score (nSPS) is 29.1. The van der Waals surface area contributed by atoms with Gasteiger partial charge in [0.15, 0.2) is 0 Å². The predicted octanol–water partition coefficient (Wildman–Crippen LogP) is 13.0. The Hall–Kier alpha value is -1.55. The Bertz CT molecular complexity index is 1540. The molecule has 10 nitrogen and oxygen atoms in total. The summed E-state index contributed by atoms with van der Waals surface area (Å²) >= 11 is 0. The average Bonchev–Trinajstić information content (AvgIpc) is 3.59. The lowest BCUT2D eigenvalue weighted by Gasteiger charge is -2.58. The van der Waals surface area contributed by atoms with Gasteiger partial charge in [-0.05, 0) is 130 Å². The molecule has 0 heterocycles. The van der Waals surface area contributed by atoms with Gasteiger partial charge >= 0.3 is 11.9 Å². The van der Waals surface area contributed by atoms with Gasteiger partial charge in [-0.25, -0.2) is 4.79 Å². The second kappa shape index (κ2) is 27.0. The zero-order chi connectivity index (χ0) is 47.7. The maximum absolute atomic E-state index is 13.2. The van der Waals surface area contributed by atoms with Crippen molar-refractivity contribution >= 4 is 19.8 Å². The second-order valence-corrected chi connectivity index (χ2v) is 24.4. The van der Waals surface area contributed by atoms with E-state index >= 15 is 0 Å². The lowest BCUT2D eigenvalue weighted by Crippen LogP contribution is -2.51. The van der Waals surface area contributed by atoms with Crippen molar-refractivity contribution in [3.05, 3.63) is 23.8 Å². The molecule has 11 heteroatoms. The third-order valence-corrected chi connectivity index (χ3v) is 17.5. The molecule has 4 aliphatic carbocycles. The first-order valence-corrected chi connectivity index (χ1v) is 28.1. The first-order valence-electron chi connectivity index (χ1n) is 26.6. The number of carbonyl (C=O) groups is 2. The van der Waals surface area contributed by atoms with Crippen LogP contribution in [0.2, 0.25) is 0 Å². The van der Waals surface area contributed by atoms with E-state index in [0.717, 1.165) is 75.0 Å². The molecule has 3 fully saturated rings. The Labute approximate surface area is 397 Å². The van der Waals surface area contributed by atoms with Gasteiger partial charge in [0.05, 0.1) is 33.9 Å². The van der Waals surface area contributed by atoms with E-state index in [1.54, 1.807) is 0 Å². The predicted molar refractivity (Wildman–Crippen MR) is 261 cm³/mol. The zero-order valence-electron chi connectivity index (χ0n) is 42.8. The summed E-state index contributed by atoms with van der Waals surface area (Å²) in [5, 5.41) is 10.4. The van der Waals surface area contributed by atoms with E-state index in [1.807, 2.05) is 21.1 Å². The van der Waals surface area contributed by atoms with Gasteiger partial charge in [-0.1, -0.05) is 136 Å². The van der Waals surface area contributed by atoms with Gasteiger partial charge in [-0.2, -0.15) is 0 Å². The van der Waals surface area contributed by atoms with Gasteiger partial charge in [0.2, 0.25) is 6.10 Å². The quantitative estimate of drug-likeness (QED) is 0.0230. The highest BCUT2D eigenvalue weighted by atomic mass is 31.2. The minimum absolute atomic E-state index is 0.0454. The van der Waals surface area contributed by atoms with Crippen LogP contribution < -0.4 is 4.89 Å². The number of carboxylic acid groups (broad SMARTS) is 1. The van der Waals surface area contributed by atoms with Crippen molar-refractivity contribution in [2.75, 3.05) is 40.9 Å². The number of aliphatic carboxylic acids is 1. The minimum atomic E-state index is -4.81. The minimum Gasteiger partial charge on any atom is -0.756 e. The molecule has 0 saturated heterocycles. The summed E-state index contributed by atoms with van der Waals surface area (Å²) in [6, 6.07) is 0. The van der Waals surface area contributed by atoms with Crippen LogP contribution in [0.5, 0.6) is 0 Å². The van der Waals surface area contributed by atoms with Crippen LogP contribution in [0.15, 0.2) is 23.8 Å². The Morgan fingerprint density at radius 3 is 2.17 bits per heavy atom. The Kier molecular flexibility index (Phi) is 23.3. The Morgan fingerprint density at radius 1 is 0.862 bits per heavy atom. The number of unbranched alkanes of at least 4 members (excludes halogenated alkanes) is 11. The third-order valence-electron chi connectivity index (χ3n) is 16.5. The van der Waals surface area contributed by atoms with Gasteiger partial charge < -0.3 is 33.0 Å². The maximum Gasteiger partial charge on any atom is 0.347 e. The standard InChI is InChI=1S/C54H96NO9P/c1-10-11-12-13-14-15-16-17-18-19-20-21-22-23-24-28-50(56)64-51(52(57)58)49(40-62-65(59,60)61-38-37-55(7,8)9)63-44-33-35-53(5)43(39-44)29-30-45-47-32-31-46(42(4)27-25-26-41(2)3)54(47,6)36-34-48(45)53/h17-18,29,41-42,44-49,51H,10-16,19-28,30-40H2,1-9H3,(H-,57,58,59,60)/b18-17-/t42-,44?,45?,46-,47?,48?,49+,51?,53+,54-/m1/s1. The number of carbonyl (C=O) groups excluding carboxylic acids is 1. The van der Waals surface area contributed by atoms with Gasteiger partial charge in [0, 0.05) is 6.42 Å². The fourth-order valence-corrected chi connectivity index (χ4v) is 13.4. The molecule has 376 valence electrons. The molecule has 0 radical (unpaired) electrons. The highest BCUT2D eigenvalue weighted by molar-refractivity contribution is 7.45. The molecule has 0 spiro atoms. The van der Waals surface area contributed by atoms with E-state index in [-0.39, 0.29) is 24.5 Å². The number of allylic oxidation sites excluding steroid dienone is 3. The van der Waals surface area contributed by atoms with Crippen molar-refractivity contribution in [2.45, 2.75) is 220 Å². The molecule has 0 aliphatic heterocycles. The lowest BCUT2D eigenvalue weighted by molar-refractivity contribution is -0.870. The summed E-state index contributed by atoms with van der Waals surface area (Å²) in [7, 11) is 0.968. The maximum atomic E-state index is 13.2. The van der Waals surface area contributed by atoms with Crippen molar-refractivity contribution in [3.8, 4) is 0 Å². The Balaban J connectivity index is 1.34. The number of phosphoric ester groups is 1. The van der Waals surface area contributed by atoms with Crippen LogP contribution >= 0.6 is 7.82 Å². The van der Waals surface area contributed by atoms with Crippen molar-refractivity contribution in [3.63, 3.8) is 0 Å². The number of rotatable bonds is 32. The van der Waals surface area contributed by atoms with E-state index in [9.17, 15) is 24.2 Å². The molecule has 6 unspecified atom stereocenters. The van der Waals surface area contributed by atoms with Crippen LogP contribution in [0.3, 0.4) is 0 Å². The van der Waals surface area contributed by atoms with E-state index in [4.69, 9.17) is 18.5 Å². The fourth-order valence-electron chi connectivity index (χ4n) is 12.7. The SMILES string of the molecule is CCCCCCCC/C=C\CCCCCCCC(=O)OC(C(=O)O)[C@H](COP(=O)([O-])OCC[N+](C)(C)C)OC1CC[C@@]2(C)C(=CCC3C2CC[C@@]2(C)C3CC[C@@H]2[C@H](C)CCCC(C)C)C1. The summed E-state index contributed by atoms with van der Waals surface area (Å²) < 4.78 is 36.1. The van der Waals surface area contributed by atoms with Gasteiger partial charge in [-0.3, -0.25) is 9.36 Å². The number of hydrogen-bond acceptors (Lipinski definition) is 8. The third kappa shape index (κ3) is 17.7. The molecular formula is C54H96NO9P. The molecule has 0 aromatic heterocycles. The smallest absolute Gasteiger partial charge is 0.347 e. The molecule has 0 amide bonds. The van der Waals surface area contributed by atoms with Crippen molar-refractivity contribution < 1.29 is 47.2 Å². The number of fused-ring (bicyclic) bond motifs is 5. The number of hydrogen-bond donors (Lipinski definition) is 1. The molecule has 1 N–H and O–H groups in total. The van der Waals surface area contributed by atoms with E-state index < -0.39 is 38.6 Å². The van der Waals surface area contributed by atoms with E-state index in [0.29, 0.717) is 47.5 Å². The van der Waals surface area contributed by atoms with Crippen molar-refractivity contribution in [1.82, 2.24) is 0 Å². The molecule has 11 atom stereocenters. The topological polar surface area (TPSA) is 131 Å². The number of nitrogens with zero attached hydrogens (tertiary/aromatic N) is 1. The number of esters is 1. The molecule has 4 aliphatic rings. The highest BCUT2D eigenvalue weighted by Crippen LogP contribution is 2.67. The van der Waals surface area contributed by atoms with Crippen molar-refractivity contribution in [2.24, 2.45) is 46.3 Å². The van der Waals surface area contributed by atoms with Gasteiger partial charge in [0.25, 0.3) is 7.82 Å². The first kappa shape index (κ1) is 56.0. The lowest BCUT2D eigenvalue weighted by atomic mass is 9.47. The van der Waals surface area contributed by atoms with Crippen LogP contribution in [0, 0.1) is 46.3 Å². The summed E-state index contributed by atoms with van der Waals surface area (Å²) in [5.74, 6) is 2.33. The second-order valence-electron chi connectivity index (χ2n) is 23.0. The van der Waals surface area contributed by atoms with Crippen LogP contribution in [-0.4, -0.2) is 80.7 Å². The molecule has 0 aromatic carbocycles. The summed E-state index contributed by atoms with van der Waals surface area (Å²) in [6.07, 6.45) is 31.0. The van der Waals surface area contributed by atoms with Crippen molar-refractivity contribution in [1.29, 1.82) is 0 Å². The zero-order valence-corrected chi connectivity index (χ0v) is 43.7. The van der Waals surface area contributed by atoms with Gasteiger partial charge in [-0.15, -0.1) is 0 Å². The van der Waals surface area contributed by atoms with E-state index in [1.165, 1.54) is 89.0 Å². The first-order chi connectivity index (χ1) is 30.8. The molecule has 3 saturated carbocycles. The number of likely N-dealkylation sites (N-methyl/N-ethyl adjacent to an activating group) is 1. The molecule has 0 aromatic rings. The molecule has 0 bridgehead atoms.